The highest BCUT2D eigenvalue weighted by atomic mass is 79.9. The first-order valence-corrected chi connectivity index (χ1v) is 7.31. The number of thiophene rings is 1. The summed E-state index contributed by atoms with van der Waals surface area (Å²) in [6.07, 6.45) is 0. The van der Waals surface area contributed by atoms with Crippen LogP contribution in [0.15, 0.2) is 34.1 Å². The quantitative estimate of drug-likeness (QED) is 0.623. The zero-order chi connectivity index (χ0) is 11.7. The second-order valence-electron chi connectivity index (χ2n) is 3.52. The summed E-state index contributed by atoms with van der Waals surface area (Å²) in [4.78, 5) is 0.991. The highest BCUT2D eigenvalue weighted by Gasteiger charge is 2.18. The van der Waals surface area contributed by atoms with Gasteiger partial charge in [-0.05, 0) is 45.9 Å². The number of rotatable bonds is 2. The van der Waals surface area contributed by atoms with Crippen molar-refractivity contribution in [1.82, 2.24) is 0 Å². The third-order valence-corrected chi connectivity index (χ3v) is 5.49. The maximum absolute atomic E-state index is 13.8. The van der Waals surface area contributed by atoms with E-state index in [1.54, 1.807) is 17.4 Å². The van der Waals surface area contributed by atoms with Crippen molar-refractivity contribution < 1.29 is 4.39 Å². The van der Waals surface area contributed by atoms with Gasteiger partial charge >= 0.3 is 0 Å². The van der Waals surface area contributed by atoms with Gasteiger partial charge in [-0.2, -0.15) is 0 Å². The SMILES string of the molecule is Cc1ccc(C(Br)c2sccc2Br)c(F)c1. The van der Waals surface area contributed by atoms with Crippen LogP contribution in [0.2, 0.25) is 0 Å². The highest BCUT2D eigenvalue weighted by Crippen LogP contribution is 2.39. The van der Waals surface area contributed by atoms with E-state index in [2.05, 4.69) is 31.9 Å². The number of alkyl halides is 1. The van der Waals surface area contributed by atoms with Gasteiger partial charge in [0.2, 0.25) is 0 Å². The van der Waals surface area contributed by atoms with E-state index in [0.717, 1.165) is 14.9 Å². The lowest BCUT2D eigenvalue weighted by atomic mass is 10.1. The summed E-state index contributed by atoms with van der Waals surface area (Å²) in [7, 11) is 0. The van der Waals surface area contributed by atoms with Crippen molar-refractivity contribution in [3.8, 4) is 0 Å². The van der Waals surface area contributed by atoms with Crippen LogP contribution in [-0.2, 0) is 0 Å². The Morgan fingerprint density at radius 3 is 2.62 bits per heavy atom. The van der Waals surface area contributed by atoms with Gasteiger partial charge in [0.15, 0.2) is 0 Å². The molecule has 0 saturated carbocycles. The second-order valence-corrected chi connectivity index (χ2v) is 6.24. The van der Waals surface area contributed by atoms with Crippen LogP contribution in [0.5, 0.6) is 0 Å². The van der Waals surface area contributed by atoms with Gasteiger partial charge in [0.1, 0.15) is 5.82 Å². The number of hydrogen-bond donors (Lipinski definition) is 0. The Morgan fingerprint density at radius 1 is 1.31 bits per heavy atom. The molecule has 84 valence electrons. The molecule has 0 N–H and O–H groups in total. The van der Waals surface area contributed by atoms with Crippen LogP contribution < -0.4 is 0 Å². The van der Waals surface area contributed by atoms with Crippen molar-refractivity contribution in [2.75, 3.05) is 0 Å². The Hall–Kier alpha value is -0.190. The van der Waals surface area contributed by atoms with Crippen LogP contribution in [0.3, 0.4) is 0 Å². The van der Waals surface area contributed by atoms with Gasteiger partial charge in [-0.25, -0.2) is 4.39 Å². The number of halogens is 3. The van der Waals surface area contributed by atoms with E-state index in [4.69, 9.17) is 0 Å². The smallest absolute Gasteiger partial charge is 0.128 e. The van der Waals surface area contributed by atoms with E-state index in [0.29, 0.717) is 5.56 Å². The fourth-order valence-corrected chi connectivity index (χ4v) is 4.31. The maximum atomic E-state index is 13.8. The van der Waals surface area contributed by atoms with Gasteiger partial charge in [0, 0.05) is 14.9 Å². The molecule has 2 aromatic rings. The molecule has 0 spiro atoms. The van der Waals surface area contributed by atoms with Crippen molar-refractivity contribution in [3.63, 3.8) is 0 Å². The predicted octanol–water partition coefficient (Wildman–Crippen LogP) is 5.44. The van der Waals surface area contributed by atoms with Gasteiger partial charge in [-0.15, -0.1) is 11.3 Å². The first-order valence-electron chi connectivity index (χ1n) is 4.72. The number of benzene rings is 1. The second kappa shape index (κ2) is 4.98. The molecule has 4 heteroatoms. The van der Waals surface area contributed by atoms with Gasteiger partial charge in [-0.1, -0.05) is 28.1 Å². The van der Waals surface area contributed by atoms with Crippen molar-refractivity contribution in [2.24, 2.45) is 0 Å². The summed E-state index contributed by atoms with van der Waals surface area (Å²) in [5.74, 6) is -0.165. The minimum Gasteiger partial charge on any atom is -0.207 e. The summed E-state index contributed by atoms with van der Waals surface area (Å²) < 4.78 is 14.8. The summed E-state index contributed by atoms with van der Waals surface area (Å²) >= 11 is 8.61. The zero-order valence-electron chi connectivity index (χ0n) is 8.51. The molecule has 1 aromatic carbocycles. The van der Waals surface area contributed by atoms with Crippen LogP contribution in [0.25, 0.3) is 0 Å². The van der Waals surface area contributed by atoms with Crippen molar-refractivity contribution >= 4 is 43.2 Å². The topological polar surface area (TPSA) is 0 Å². The van der Waals surface area contributed by atoms with E-state index in [9.17, 15) is 4.39 Å². The Balaban J connectivity index is 2.41. The lowest BCUT2D eigenvalue weighted by molar-refractivity contribution is 0.612. The molecular weight excluding hydrogens is 355 g/mol. The molecule has 0 radical (unpaired) electrons. The molecule has 0 bridgehead atoms. The third-order valence-electron chi connectivity index (χ3n) is 2.30. The van der Waals surface area contributed by atoms with E-state index in [-0.39, 0.29) is 10.6 Å². The molecule has 0 aliphatic rings. The zero-order valence-corrected chi connectivity index (χ0v) is 12.5. The Kier molecular flexibility index (Phi) is 3.82. The molecule has 0 aliphatic carbocycles. The van der Waals surface area contributed by atoms with E-state index < -0.39 is 0 Å². The Bertz CT molecular complexity index is 507. The van der Waals surface area contributed by atoms with Gasteiger partial charge in [-0.3, -0.25) is 0 Å². The monoisotopic (exact) mass is 362 g/mol. The fraction of sp³-hybridized carbons (Fsp3) is 0.167. The first kappa shape index (κ1) is 12.3. The normalized spacial score (nSPS) is 12.8. The van der Waals surface area contributed by atoms with Crippen LogP contribution >= 0.6 is 43.2 Å². The van der Waals surface area contributed by atoms with Gasteiger partial charge in [0.25, 0.3) is 0 Å². The average molecular weight is 364 g/mol. The standard InChI is InChI=1S/C12H9Br2FS/c1-7-2-3-8(10(15)6-7)11(14)12-9(13)4-5-16-12/h2-6,11H,1H3. The Morgan fingerprint density at radius 2 is 2.06 bits per heavy atom. The molecule has 1 heterocycles. The lowest BCUT2D eigenvalue weighted by Gasteiger charge is -2.10. The number of hydrogen-bond acceptors (Lipinski definition) is 1. The number of aryl methyl sites for hydroxylation is 1. The summed E-state index contributed by atoms with van der Waals surface area (Å²) in [6.45, 7) is 1.89. The fourth-order valence-electron chi connectivity index (χ4n) is 1.47. The third kappa shape index (κ3) is 2.39. The first-order chi connectivity index (χ1) is 7.59. The molecule has 1 unspecified atom stereocenters. The summed E-state index contributed by atoms with van der Waals surface area (Å²) in [5.41, 5.74) is 1.61. The summed E-state index contributed by atoms with van der Waals surface area (Å²) in [5, 5.41) is 1.99. The van der Waals surface area contributed by atoms with Crippen LogP contribution in [0.1, 0.15) is 20.8 Å². The molecule has 0 fully saturated rings. The molecule has 0 amide bonds. The Labute approximate surface area is 115 Å². The molecule has 0 saturated heterocycles. The molecule has 16 heavy (non-hydrogen) atoms. The molecule has 0 aliphatic heterocycles. The van der Waals surface area contributed by atoms with Crippen molar-refractivity contribution in [3.05, 3.63) is 55.9 Å². The van der Waals surface area contributed by atoms with Crippen LogP contribution in [0.4, 0.5) is 4.39 Å². The predicted molar refractivity (Wildman–Crippen MR) is 73.9 cm³/mol. The molecule has 1 atom stereocenters. The molecule has 2 rings (SSSR count). The van der Waals surface area contributed by atoms with Crippen LogP contribution in [-0.4, -0.2) is 0 Å². The maximum Gasteiger partial charge on any atom is 0.128 e. The van der Waals surface area contributed by atoms with Crippen molar-refractivity contribution in [2.45, 2.75) is 11.8 Å². The van der Waals surface area contributed by atoms with Crippen molar-refractivity contribution in [1.29, 1.82) is 0 Å². The van der Waals surface area contributed by atoms with Crippen LogP contribution in [0, 0.1) is 12.7 Å². The van der Waals surface area contributed by atoms with E-state index >= 15 is 0 Å². The minimum atomic E-state index is -0.165. The molecule has 1 aromatic heterocycles. The van der Waals surface area contributed by atoms with E-state index in [1.165, 1.54) is 0 Å². The van der Waals surface area contributed by atoms with E-state index in [1.807, 2.05) is 30.5 Å². The van der Waals surface area contributed by atoms with Gasteiger partial charge in [0.05, 0.1) is 4.83 Å². The largest absolute Gasteiger partial charge is 0.207 e. The minimum absolute atomic E-state index is 0.0949. The highest BCUT2D eigenvalue weighted by molar-refractivity contribution is 9.11. The lowest BCUT2D eigenvalue weighted by Crippen LogP contribution is -1.95. The molecular formula is C12H9Br2FS. The van der Waals surface area contributed by atoms with Gasteiger partial charge < -0.3 is 0 Å². The average Bonchev–Trinajstić information content (AvgIpc) is 2.63. The summed E-state index contributed by atoms with van der Waals surface area (Å²) in [6, 6.07) is 7.29. The molecule has 0 nitrogen and oxygen atoms in total.